The van der Waals surface area contributed by atoms with E-state index < -0.39 is 11.4 Å². The molecular weight excluding hydrogens is 295 g/mol. The molecule has 0 aromatic heterocycles. The first-order chi connectivity index (χ1) is 10.9. The summed E-state index contributed by atoms with van der Waals surface area (Å²) in [5.74, 6) is -0.0180. The molecule has 0 spiro atoms. The maximum Gasteiger partial charge on any atom is 0.237 e. The van der Waals surface area contributed by atoms with Crippen molar-refractivity contribution < 1.29 is 13.9 Å². The molecule has 3 N–H and O–H groups in total. The second-order valence-corrected chi connectivity index (χ2v) is 5.87. The lowest BCUT2D eigenvalue weighted by Gasteiger charge is -2.22. The maximum atomic E-state index is 13.5. The number of carbonyl (C=O) groups is 1. The minimum atomic E-state index is -0.764. The van der Waals surface area contributed by atoms with Crippen LogP contribution in [0.25, 0.3) is 0 Å². The smallest absolute Gasteiger partial charge is 0.237 e. The van der Waals surface area contributed by atoms with Gasteiger partial charge in [-0.2, -0.15) is 0 Å². The summed E-state index contributed by atoms with van der Waals surface area (Å²) in [4.78, 5) is 11.3. The summed E-state index contributed by atoms with van der Waals surface area (Å²) < 4.78 is 19.1. The van der Waals surface area contributed by atoms with Gasteiger partial charge < -0.3 is 10.5 Å². The van der Waals surface area contributed by atoms with Crippen LogP contribution in [-0.4, -0.2) is 11.4 Å². The van der Waals surface area contributed by atoms with Gasteiger partial charge in [-0.05, 0) is 37.6 Å². The first kappa shape index (κ1) is 17.0. The van der Waals surface area contributed by atoms with Crippen molar-refractivity contribution in [1.29, 1.82) is 0 Å². The number of ether oxygens (including phenoxy) is 1. The monoisotopic (exact) mass is 316 g/mol. The molecule has 0 atom stereocenters. The van der Waals surface area contributed by atoms with E-state index in [1.165, 1.54) is 6.07 Å². The van der Waals surface area contributed by atoms with E-state index in [9.17, 15) is 9.18 Å². The summed E-state index contributed by atoms with van der Waals surface area (Å²) in [6.07, 6.45) is 0. The minimum Gasteiger partial charge on any atom is -0.489 e. The predicted molar refractivity (Wildman–Crippen MR) is 87.3 cm³/mol. The molecule has 0 aliphatic rings. The van der Waals surface area contributed by atoms with Crippen molar-refractivity contribution in [3.8, 4) is 5.75 Å². The Morgan fingerprint density at radius 1 is 1.17 bits per heavy atom. The standard InChI is InChI=1S/C18H21FN2O2/c1-18(2,17(20)22)21-11-13-7-9-15(10-8-13)23-12-14-5-3-4-6-16(14)19/h3-10,21H,11-12H2,1-2H3,(H2,20,22). The van der Waals surface area contributed by atoms with E-state index in [4.69, 9.17) is 10.5 Å². The molecule has 0 fully saturated rings. The van der Waals surface area contributed by atoms with Gasteiger partial charge >= 0.3 is 0 Å². The second kappa shape index (κ2) is 7.24. The molecule has 0 saturated heterocycles. The van der Waals surface area contributed by atoms with Crippen molar-refractivity contribution in [3.63, 3.8) is 0 Å². The number of primary amides is 1. The Balaban J connectivity index is 1.90. The summed E-state index contributed by atoms with van der Waals surface area (Å²) in [7, 11) is 0. The van der Waals surface area contributed by atoms with Gasteiger partial charge in [0.2, 0.25) is 5.91 Å². The number of hydrogen-bond donors (Lipinski definition) is 2. The predicted octanol–water partition coefficient (Wildman–Crippen LogP) is 2.76. The molecule has 23 heavy (non-hydrogen) atoms. The van der Waals surface area contributed by atoms with Crippen LogP contribution in [-0.2, 0) is 17.9 Å². The van der Waals surface area contributed by atoms with Gasteiger partial charge in [0.15, 0.2) is 0 Å². The lowest BCUT2D eigenvalue weighted by atomic mass is 10.0. The molecule has 1 amide bonds. The van der Waals surface area contributed by atoms with Crippen LogP contribution in [0.5, 0.6) is 5.75 Å². The molecule has 0 bridgehead atoms. The molecular formula is C18H21FN2O2. The lowest BCUT2D eigenvalue weighted by molar-refractivity contribution is -0.123. The summed E-state index contributed by atoms with van der Waals surface area (Å²) in [6, 6.07) is 13.9. The summed E-state index contributed by atoms with van der Waals surface area (Å²) in [5.41, 5.74) is 6.06. The van der Waals surface area contributed by atoms with Crippen molar-refractivity contribution in [3.05, 3.63) is 65.5 Å². The molecule has 122 valence electrons. The molecule has 0 saturated carbocycles. The first-order valence-corrected chi connectivity index (χ1v) is 7.38. The van der Waals surface area contributed by atoms with E-state index in [0.29, 0.717) is 17.9 Å². The first-order valence-electron chi connectivity index (χ1n) is 7.38. The molecule has 0 aliphatic heterocycles. The topological polar surface area (TPSA) is 64.3 Å². The van der Waals surface area contributed by atoms with Crippen molar-refractivity contribution >= 4 is 5.91 Å². The molecule has 0 aliphatic carbocycles. The average Bonchev–Trinajstić information content (AvgIpc) is 2.53. The van der Waals surface area contributed by atoms with Crippen LogP contribution in [0.3, 0.4) is 0 Å². The second-order valence-electron chi connectivity index (χ2n) is 5.87. The third-order valence-corrected chi connectivity index (χ3v) is 3.63. The number of amides is 1. The highest BCUT2D eigenvalue weighted by Gasteiger charge is 2.23. The van der Waals surface area contributed by atoms with Gasteiger partial charge in [-0.25, -0.2) is 4.39 Å². The normalized spacial score (nSPS) is 11.3. The zero-order chi connectivity index (χ0) is 16.9. The van der Waals surface area contributed by atoms with Crippen LogP contribution in [0.15, 0.2) is 48.5 Å². The zero-order valence-corrected chi connectivity index (χ0v) is 13.3. The van der Waals surface area contributed by atoms with Gasteiger partial charge in [0.1, 0.15) is 18.2 Å². The van der Waals surface area contributed by atoms with Crippen molar-refractivity contribution in [1.82, 2.24) is 5.32 Å². The number of rotatable bonds is 7. The lowest BCUT2D eigenvalue weighted by Crippen LogP contribution is -2.50. The van der Waals surface area contributed by atoms with Gasteiger partial charge in [-0.15, -0.1) is 0 Å². The van der Waals surface area contributed by atoms with Crippen molar-refractivity contribution in [2.24, 2.45) is 5.73 Å². The number of benzene rings is 2. The van der Waals surface area contributed by atoms with E-state index in [1.54, 1.807) is 32.0 Å². The van der Waals surface area contributed by atoms with E-state index in [-0.39, 0.29) is 12.4 Å². The average molecular weight is 316 g/mol. The fourth-order valence-corrected chi connectivity index (χ4v) is 1.89. The Bertz CT molecular complexity index is 669. The number of carbonyl (C=O) groups excluding carboxylic acids is 1. The van der Waals surface area contributed by atoms with Crippen LogP contribution in [0.1, 0.15) is 25.0 Å². The highest BCUT2D eigenvalue weighted by Crippen LogP contribution is 2.16. The Morgan fingerprint density at radius 2 is 1.83 bits per heavy atom. The molecule has 4 nitrogen and oxygen atoms in total. The summed E-state index contributed by atoms with van der Waals surface area (Å²) in [5, 5.41) is 3.09. The van der Waals surface area contributed by atoms with Gasteiger partial charge in [-0.3, -0.25) is 10.1 Å². The zero-order valence-electron chi connectivity index (χ0n) is 13.3. The number of halogens is 1. The molecule has 2 aromatic carbocycles. The highest BCUT2D eigenvalue weighted by atomic mass is 19.1. The number of nitrogens with one attached hydrogen (secondary N) is 1. The van der Waals surface area contributed by atoms with Crippen LogP contribution in [0.2, 0.25) is 0 Å². The maximum absolute atomic E-state index is 13.5. The largest absolute Gasteiger partial charge is 0.489 e. The van der Waals surface area contributed by atoms with Crippen molar-refractivity contribution in [2.45, 2.75) is 32.5 Å². The van der Waals surface area contributed by atoms with Crippen LogP contribution in [0.4, 0.5) is 4.39 Å². The summed E-state index contributed by atoms with van der Waals surface area (Å²) >= 11 is 0. The third-order valence-electron chi connectivity index (χ3n) is 3.63. The number of nitrogens with two attached hydrogens (primary N) is 1. The molecule has 2 rings (SSSR count). The molecule has 2 aromatic rings. The summed E-state index contributed by atoms with van der Waals surface area (Å²) in [6.45, 7) is 4.17. The van der Waals surface area contributed by atoms with Crippen LogP contribution < -0.4 is 15.8 Å². The molecule has 0 unspecified atom stereocenters. The Morgan fingerprint density at radius 3 is 2.43 bits per heavy atom. The Kier molecular flexibility index (Phi) is 5.34. The van der Waals surface area contributed by atoms with Gasteiger partial charge in [0.05, 0.1) is 5.54 Å². The quantitative estimate of drug-likeness (QED) is 0.825. The molecule has 0 radical (unpaired) electrons. The van der Waals surface area contributed by atoms with E-state index >= 15 is 0 Å². The number of hydrogen-bond acceptors (Lipinski definition) is 3. The molecule has 0 heterocycles. The van der Waals surface area contributed by atoms with Gasteiger partial charge in [0, 0.05) is 12.1 Å². The van der Waals surface area contributed by atoms with Crippen LogP contribution in [0, 0.1) is 5.82 Å². The fraction of sp³-hybridized carbons (Fsp3) is 0.278. The van der Waals surface area contributed by atoms with E-state index in [0.717, 1.165) is 5.56 Å². The highest BCUT2D eigenvalue weighted by molar-refractivity contribution is 5.83. The SMILES string of the molecule is CC(C)(NCc1ccc(OCc2ccccc2F)cc1)C(N)=O. The van der Waals surface area contributed by atoms with Crippen LogP contribution >= 0.6 is 0 Å². The van der Waals surface area contributed by atoms with Gasteiger partial charge in [-0.1, -0.05) is 30.3 Å². The van der Waals surface area contributed by atoms with E-state index in [1.807, 2.05) is 24.3 Å². The Hall–Kier alpha value is -2.40. The minimum absolute atomic E-state index is 0.180. The van der Waals surface area contributed by atoms with E-state index in [2.05, 4.69) is 5.32 Å². The Labute approximate surface area is 135 Å². The third kappa shape index (κ3) is 4.79. The van der Waals surface area contributed by atoms with Crippen molar-refractivity contribution in [2.75, 3.05) is 0 Å². The van der Waals surface area contributed by atoms with Gasteiger partial charge in [0.25, 0.3) is 0 Å². The molecule has 5 heteroatoms. The fourth-order valence-electron chi connectivity index (χ4n) is 1.89.